The predicted octanol–water partition coefficient (Wildman–Crippen LogP) is 6.00. The van der Waals surface area contributed by atoms with Gasteiger partial charge in [-0.1, -0.05) is 31.4 Å². The molecule has 1 amide bonds. The quantitative estimate of drug-likeness (QED) is 0.260. The van der Waals surface area contributed by atoms with Crippen LogP contribution in [-0.2, 0) is 21.1 Å². The molecule has 2 aromatic rings. The number of benzene rings is 2. The summed E-state index contributed by atoms with van der Waals surface area (Å²) in [5, 5.41) is 2.68. The number of rotatable bonds is 7. The van der Waals surface area contributed by atoms with Crippen molar-refractivity contribution in [2.75, 3.05) is 12.4 Å². The highest BCUT2D eigenvalue weighted by Crippen LogP contribution is 2.50. The van der Waals surface area contributed by atoms with E-state index >= 15 is 0 Å². The van der Waals surface area contributed by atoms with Gasteiger partial charge in [-0.25, -0.2) is 9.18 Å². The molecular formula is C28H29F4N3O3. The second-order valence-corrected chi connectivity index (χ2v) is 9.67. The smallest absolute Gasteiger partial charge is 0.416 e. The molecule has 0 radical (unpaired) electrons. The van der Waals surface area contributed by atoms with Gasteiger partial charge in [0, 0.05) is 35.3 Å². The number of hydrogen-bond donors (Lipinski definition) is 2. The number of methoxy groups -OCH3 is 1. The number of alkyl halides is 3. The number of esters is 1. The van der Waals surface area contributed by atoms with Crippen molar-refractivity contribution in [1.82, 2.24) is 0 Å². The summed E-state index contributed by atoms with van der Waals surface area (Å²) >= 11 is 0. The SMILES string of the molecule is COC(=O)c1cc(NC(=O)C2(c3ccc(C(F)(F)F)cc3F)CC2)ccc1C(C=NC1CCCCC1)=CN. The molecule has 0 bridgehead atoms. The zero-order valence-electron chi connectivity index (χ0n) is 20.9. The Morgan fingerprint density at radius 1 is 1.08 bits per heavy atom. The van der Waals surface area contributed by atoms with Crippen LogP contribution in [0.25, 0.3) is 5.57 Å². The van der Waals surface area contributed by atoms with E-state index in [-0.39, 0.29) is 35.7 Å². The summed E-state index contributed by atoms with van der Waals surface area (Å²) in [7, 11) is 1.23. The second-order valence-electron chi connectivity index (χ2n) is 9.67. The first kappa shape index (κ1) is 27.3. The van der Waals surface area contributed by atoms with Crippen LogP contribution in [0.2, 0.25) is 0 Å². The third-order valence-electron chi connectivity index (χ3n) is 7.17. The summed E-state index contributed by atoms with van der Waals surface area (Å²) in [4.78, 5) is 30.4. The Labute approximate surface area is 218 Å². The van der Waals surface area contributed by atoms with Crippen LogP contribution >= 0.6 is 0 Å². The number of ether oxygens (including phenoxy) is 1. The van der Waals surface area contributed by atoms with Crippen LogP contribution in [0.5, 0.6) is 0 Å². The van der Waals surface area contributed by atoms with E-state index in [4.69, 9.17) is 10.5 Å². The van der Waals surface area contributed by atoms with Crippen LogP contribution in [0.4, 0.5) is 23.2 Å². The fourth-order valence-electron chi connectivity index (χ4n) is 4.84. The van der Waals surface area contributed by atoms with E-state index in [1.807, 2.05) is 0 Å². The summed E-state index contributed by atoms with van der Waals surface area (Å²) in [5.41, 5.74) is 4.71. The Morgan fingerprint density at radius 2 is 1.79 bits per heavy atom. The van der Waals surface area contributed by atoms with Crippen LogP contribution in [0.1, 0.15) is 72.0 Å². The van der Waals surface area contributed by atoms with Gasteiger partial charge in [-0.3, -0.25) is 9.79 Å². The molecule has 2 aliphatic rings. The van der Waals surface area contributed by atoms with Crippen LogP contribution < -0.4 is 11.1 Å². The highest BCUT2D eigenvalue weighted by molar-refractivity contribution is 6.14. The summed E-state index contributed by atoms with van der Waals surface area (Å²) in [6.07, 6.45) is 4.25. The van der Waals surface area contributed by atoms with Gasteiger partial charge in [0.25, 0.3) is 0 Å². The third kappa shape index (κ3) is 5.74. The number of amides is 1. The summed E-state index contributed by atoms with van der Waals surface area (Å²) in [5.74, 6) is -2.32. The molecule has 38 heavy (non-hydrogen) atoms. The Bertz CT molecular complexity index is 1280. The molecule has 0 unspecified atom stereocenters. The zero-order valence-corrected chi connectivity index (χ0v) is 20.9. The van der Waals surface area contributed by atoms with E-state index in [0.717, 1.165) is 37.8 Å². The molecule has 0 aliphatic heterocycles. The molecule has 2 saturated carbocycles. The maximum Gasteiger partial charge on any atom is 0.416 e. The monoisotopic (exact) mass is 531 g/mol. The molecule has 2 aliphatic carbocycles. The number of nitrogens with one attached hydrogen (secondary N) is 1. The minimum absolute atomic E-state index is 0.0971. The van der Waals surface area contributed by atoms with Crippen molar-refractivity contribution >= 4 is 29.4 Å². The number of carbonyl (C=O) groups excluding carboxylic acids is 2. The lowest BCUT2D eigenvalue weighted by Gasteiger charge is -2.19. The molecule has 10 heteroatoms. The zero-order chi connectivity index (χ0) is 27.5. The molecule has 0 aromatic heterocycles. The van der Waals surface area contributed by atoms with Crippen molar-refractivity contribution in [2.24, 2.45) is 10.7 Å². The predicted molar refractivity (Wildman–Crippen MR) is 136 cm³/mol. The maximum atomic E-state index is 14.6. The van der Waals surface area contributed by atoms with Gasteiger partial charge in [-0.15, -0.1) is 0 Å². The molecular weight excluding hydrogens is 502 g/mol. The maximum absolute atomic E-state index is 14.6. The molecule has 0 saturated heterocycles. The Balaban J connectivity index is 1.58. The van der Waals surface area contributed by atoms with Gasteiger partial charge in [0.15, 0.2) is 0 Å². The standard InChI is InChI=1S/C28H29F4N3O3/c1-38-25(36)22-14-20(8-9-21(22)17(15-33)16-34-19-5-3-2-4-6-19)35-26(37)27(11-12-27)23-10-7-18(13-24(23)29)28(30,31)32/h7-10,13-16,19H,2-6,11-12,33H2,1H3,(H,35,37). The number of allylic oxidation sites excluding steroid dienone is 1. The van der Waals surface area contributed by atoms with E-state index in [0.29, 0.717) is 17.2 Å². The second kappa shape index (κ2) is 11.0. The van der Waals surface area contributed by atoms with E-state index in [2.05, 4.69) is 10.3 Å². The van der Waals surface area contributed by atoms with Gasteiger partial charge in [-0.2, -0.15) is 13.2 Å². The van der Waals surface area contributed by atoms with Crippen molar-refractivity contribution in [2.45, 2.75) is 62.6 Å². The van der Waals surface area contributed by atoms with E-state index in [1.54, 1.807) is 18.3 Å². The molecule has 0 heterocycles. The van der Waals surface area contributed by atoms with Crippen molar-refractivity contribution in [1.29, 1.82) is 0 Å². The molecule has 6 nitrogen and oxygen atoms in total. The first-order valence-corrected chi connectivity index (χ1v) is 12.5. The lowest BCUT2D eigenvalue weighted by molar-refractivity contribution is -0.137. The topological polar surface area (TPSA) is 93.8 Å². The van der Waals surface area contributed by atoms with E-state index < -0.39 is 34.8 Å². The van der Waals surface area contributed by atoms with Crippen LogP contribution in [0.3, 0.4) is 0 Å². The fraction of sp³-hybridized carbons (Fsp3) is 0.393. The van der Waals surface area contributed by atoms with Gasteiger partial charge >= 0.3 is 12.1 Å². The van der Waals surface area contributed by atoms with Gasteiger partial charge in [0.05, 0.1) is 23.7 Å². The van der Waals surface area contributed by atoms with Gasteiger partial charge < -0.3 is 15.8 Å². The lowest BCUT2D eigenvalue weighted by atomic mass is 9.92. The molecule has 0 spiro atoms. The number of halogens is 4. The molecule has 0 atom stereocenters. The molecule has 2 fully saturated rings. The average molecular weight is 532 g/mol. The Hall–Kier alpha value is -3.69. The first-order valence-electron chi connectivity index (χ1n) is 12.5. The highest BCUT2D eigenvalue weighted by Gasteiger charge is 2.53. The van der Waals surface area contributed by atoms with Crippen molar-refractivity contribution in [3.63, 3.8) is 0 Å². The lowest BCUT2D eigenvalue weighted by Crippen LogP contribution is -2.29. The number of anilines is 1. The van der Waals surface area contributed by atoms with Gasteiger partial charge in [0.2, 0.25) is 5.91 Å². The van der Waals surface area contributed by atoms with E-state index in [9.17, 15) is 27.2 Å². The number of nitrogens with zero attached hydrogens (tertiary/aromatic N) is 1. The molecule has 202 valence electrons. The molecule has 4 rings (SSSR count). The Morgan fingerprint density at radius 3 is 2.37 bits per heavy atom. The third-order valence-corrected chi connectivity index (χ3v) is 7.17. The Kier molecular flexibility index (Phi) is 7.89. The summed E-state index contributed by atoms with van der Waals surface area (Å²) < 4.78 is 58.4. The van der Waals surface area contributed by atoms with Crippen molar-refractivity contribution < 1.29 is 31.9 Å². The van der Waals surface area contributed by atoms with Crippen molar-refractivity contribution in [3.05, 3.63) is 70.7 Å². The minimum Gasteiger partial charge on any atom is -0.465 e. The molecule has 2 aromatic carbocycles. The number of aliphatic imine (C=N–C) groups is 1. The summed E-state index contributed by atoms with van der Waals surface area (Å²) in [6, 6.07) is 6.98. The number of carbonyl (C=O) groups is 2. The van der Waals surface area contributed by atoms with Gasteiger partial charge in [-0.05, 0) is 55.5 Å². The van der Waals surface area contributed by atoms with E-state index in [1.165, 1.54) is 25.8 Å². The molecule has 3 N–H and O–H groups in total. The normalized spacial score (nSPS) is 17.9. The number of nitrogens with two attached hydrogens (primary N) is 1. The minimum atomic E-state index is -4.69. The fourth-order valence-corrected chi connectivity index (χ4v) is 4.84. The highest BCUT2D eigenvalue weighted by atomic mass is 19.4. The van der Waals surface area contributed by atoms with Crippen LogP contribution in [-0.4, -0.2) is 31.2 Å². The van der Waals surface area contributed by atoms with Crippen LogP contribution in [0.15, 0.2) is 47.6 Å². The average Bonchev–Trinajstić information content (AvgIpc) is 3.71. The van der Waals surface area contributed by atoms with Crippen molar-refractivity contribution in [3.8, 4) is 0 Å². The van der Waals surface area contributed by atoms with Gasteiger partial charge in [0.1, 0.15) is 5.82 Å². The van der Waals surface area contributed by atoms with Crippen LogP contribution in [0, 0.1) is 5.82 Å². The first-order chi connectivity index (χ1) is 18.1. The summed E-state index contributed by atoms with van der Waals surface area (Å²) in [6.45, 7) is 0. The largest absolute Gasteiger partial charge is 0.465 e. The number of hydrogen-bond acceptors (Lipinski definition) is 5.